The van der Waals surface area contributed by atoms with Gasteiger partial charge in [0, 0.05) is 12.1 Å². The zero-order valence-corrected chi connectivity index (χ0v) is 14.0. The van der Waals surface area contributed by atoms with Gasteiger partial charge in [0.05, 0.1) is 27.3 Å². The highest BCUT2D eigenvalue weighted by Gasteiger charge is 2.17. The van der Waals surface area contributed by atoms with Gasteiger partial charge in [-0.05, 0) is 30.3 Å². The molecule has 3 rings (SSSR count). The van der Waals surface area contributed by atoms with E-state index in [2.05, 4.69) is 4.98 Å². The third-order valence-corrected chi connectivity index (χ3v) is 4.79. The van der Waals surface area contributed by atoms with Gasteiger partial charge < -0.3 is 4.90 Å². The van der Waals surface area contributed by atoms with E-state index in [1.54, 1.807) is 41.5 Å². The first-order valence-corrected chi connectivity index (χ1v) is 8.17. The van der Waals surface area contributed by atoms with Gasteiger partial charge in [0.25, 0.3) is 5.91 Å². The first kappa shape index (κ1) is 15.3. The molecule has 0 unspecified atom stereocenters. The molecule has 6 heteroatoms. The van der Waals surface area contributed by atoms with E-state index in [1.807, 2.05) is 24.3 Å². The second-order valence-corrected chi connectivity index (χ2v) is 6.82. The molecule has 112 valence electrons. The molecule has 0 bridgehead atoms. The normalized spacial score (nSPS) is 10.9. The number of rotatable bonds is 3. The van der Waals surface area contributed by atoms with E-state index in [1.165, 1.54) is 0 Å². The Morgan fingerprint density at radius 3 is 2.73 bits per heavy atom. The van der Waals surface area contributed by atoms with Crippen LogP contribution < -0.4 is 0 Å². The van der Waals surface area contributed by atoms with Crippen LogP contribution in [-0.2, 0) is 6.54 Å². The van der Waals surface area contributed by atoms with Gasteiger partial charge in [0.15, 0.2) is 0 Å². The van der Waals surface area contributed by atoms with Crippen molar-refractivity contribution in [2.75, 3.05) is 7.05 Å². The highest BCUT2D eigenvalue weighted by atomic mass is 35.5. The van der Waals surface area contributed by atoms with Crippen molar-refractivity contribution in [2.45, 2.75) is 6.54 Å². The number of carbonyl (C=O) groups excluding carboxylic acids is 1. The smallest absolute Gasteiger partial charge is 0.255 e. The number of amides is 1. The van der Waals surface area contributed by atoms with Gasteiger partial charge >= 0.3 is 0 Å². The van der Waals surface area contributed by atoms with E-state index in [9.17, 15) is 4.79 Å². The Balaban J connectivity index is 1.81. The van der Waals surface area contributed by atoms with Crippen LogP contribution in [0.2, 0.25) is 10.0 Å². The third-order valence-electron chi connectivity index (χ3n) is 3.22. The summed E-state index contributed by atoms with van der Waals surface area (Å²) in [5.74, 6) is -0.152. The first-order chi connectivity index (χ1) is 10.5. The summed E-state index contributed by atoms with van der Waals surface area (Å²) < 4.78 is 1.11. The Morgan fingerprint density at radius 2 is 2.00 bits per heavy atom. The van der Waals surface area contributed by atoms with Crippen LogP contribution in [0.15, 0.2) is 42.5 Å². The standard InChI is InChI=1S/C16H12Cl2N2OS/c1-20(16(21)11-7-6-10(17)8-12(11)18)9-15-19-13-4-2-3-5-14(13)22-15/h2-8H,9H2,1H3. The van der Waals surface area contributed by atoms with Crippen molar-refractivity contribution in [2.24, 2.45) is 0 Å². The summed E-state index contributed by atoms with van der Waals surface area (Å²) in [6, 6.07) is 12.8. The predicted molar refractivity (Wildman–Crippen MR) is 91.9 cm³/mol. The third kappa shape index (κ3) is 3.09. The minimum absolute atomic E-state index is 0.152. The molecular weight excluding hydrogens is 339 g/mol. The van der Waals surface area contributed by atoms with Gasteiger partial charge in [-0.2, -0.15) is 0 Å². The number of hydrogen-bond donors (Lipinski definition) is 0. The molecule has 3 nitrogen and oxygen atoms in total. The van der Waals surface area contributed by atoms with Crippen LogP contribution in [-0.4, -0.2) is 22.8 Å². The average Bonchev–Trinajstić information content (AvgIpc) is 2.88. The van der Waals surface area contributed by atoms with E-state index >= 15 is 0 Å². The summed E-state index contributed by atoms with van der Waals surface area (Å²) in [6.07, 6.45) is 0. The summed E-state index contributed by atoms with van der Waals surface area (Å²) in [5.41, 5.74) is 1.39. The molecule has 2 aromatic carbocycles. The van der Waals surface area contributed by atoms with Crippen LogP contribution in [0.3, 0.4) is 0 Å². The van der Waals surface area contributed by atoms with Crippen LogP contribution >= 0.6 is 34.5 Å². The molecule has 3 aromatic rings. The molecule has 0 radical (unpaired) electrons. The second kappa shape index (κ2) is 6.24. The van der Waals surface area contributed by atoms with Crippen LogP contribution in [0.4, 0.5) is 0 Å². The molecule has 0 aliphatic heterocycles. The molecule has 1 heterocycles. The van der Waals surface area contributed by atoms with Crippen molar-refractivity contribution in [3.63, 3.8) is 0 Å². The van der Waals surface area contributed by atoms with E-state index in [-0.39, 0.29) is 5.91 Å². The number of carbonyl (C=O) groups is 1. The average molecular weight is 351 g/mol. The van der Waals surface area contributed by atoms with Gasteiger partial charge in [0.1, 0.15) is 5.01 Å². The van der Waals surface area contributed by atoms with Gasteiger partial charge in [-0.1, -0.05) is 35.3 Å². The van der Waals surface area contributed by atoms with Crippen molar-refractivity contribution in [1.82, 2.24) is 9.88 Å². The zero-order chi connectivity index (χ0) is 15.7. The second-order valence-electron chi connectivity index (χ2n) is 4.86. The SMILES string of the molecule is CN(Cc1nc2ccccc2s1)C(=O)c1ccc(Cl)cc1Cl. The van der Waals surface area contributed by atoms with E-state index in [0.717, 1.165) is 15.2 Å². The number of fused-ring (bicyclic) bond motifs is 1. The highest BCUT2D eigenvalue weighted by Crippen LogP contribution is 2.25. The van der Waals surface area contributed by atoms with Gasteiger partial charge in [0.2, 0.25) is 0 Å². The largest absolute Gasteiger partial charge is 0.335 e. The maximum absolute atomic E-state index is 12.5. The minimum atomic E-state index is -0.152. The lowest BCUT2D eigenvalue weighted by molar-refractivity contribution is 0.0785. The number of benzene rings is 2. The number of aromatic nitrogens is 1. The van der Waals surface area contributed by atoms with Crippen molar-refractivity contribution in [1.29, 1.82) is 0 Å². The predicted octanol–water partition coefficient (Wildman–Crippen LogP) is 4.88. The monoisotopic (exact) mass is 350 g/mol. The molecule has 1 amide bonds. The van der Waals surface area contributed by atoms with Crippen LogP contribution in [0, 0.1) is 0 Å². The number of para-hydroxylation sites is 1. The lowest BCUT2D eigenvalue weighted by atomic mass is 10.2. The molecule has 1 aromatic heterocycles. The molecule has 0 atom stereocenters. The van der Waals surface area contributed by atoms with Crippen molar-refractivity contribution in [3.05, 3.63) is 63.1 Å². The number of halogens is 2. The molecule has 0 fully saturated rings. The summed E-state index contributed by atoms with van der Waals surface area (Å²) in [4.78, 5) is 18.6. The highest BCUT2D eigenvalue weighted by molar-refractivity contribution is 7.18. The quantitative estimate of drug-likeness (QED) is 0.674. The summed E-state index contributed by atoms with van der Waals surface area (Å²) in [7, 11) is 1.74. The Labute approximate surface area is 142 Å². The molecule has 0 spiro atoms. The number of thiazole rings is 1. The fourth-order valence-electron chi connectivity index (χ4n) is 2.13. The topological polar surface area (TPSA) is 33.2 Å². The molecule has 0 aliphatic carbocycles. The van der Waals surface area contributed by atoms with Crippen molar-refractivity contribution < 1.29 is 4.79 Å². The molecule has 0 aliphatic rings. The van der Waals surface area contributed by atoms with Gasteiger partial charge in [-0.3, -0.25) is 4.79 Å². The van der Waals surface area contributed by atoms with Gasteiger partial charge in [-0.15, -0.1) is 11.3 Å². The zero-order valence-electron chi connectivity index (χ0n) is 11.7. The maximum Gasteiger partial charge on any atom is 0.255 e. The Hall–Kier alpha value is -1.62. The molecule has 0 saturated heterocycles. The van der Waals surface area contributed by atoms with Crippen molar-refractivity contribution in [3.8, 4) is 0 Å². The molecule has 22 heavy (non-hydrogen) atoms. The van der Waals surface area contributed by atoms with E-state index in [4.69, 9.17) is 23.2 Å². The van der Waals surface area contributed by atoms with E-state index < -0.39 is 0 Å². The number of nitrogens with zero attached hydrogens (tertiary/aromatic N) is 2. The van der Waals surface area contributed by atoms with Crippen molar-refractivity contribution >= 4 is 50.7 Å². The summed E-state index contributed by atoms with van der Waals surface area (Å²) >= 11 is 13.5. The Bertz CT molecular complexity index is 814. The molecule has 0 N–H and O–H groups in total. The fraction of sp³-hybridized carbons (Fsp3) is 0.125. The fourth-order valence-corrected chi connectivity index (χ4v) is 3.64. The first-order valence-electron chi connectivity index (χ1n) is 6.59. The lowest BCUT2D eigenvalue weighted by Crippen LogP contribution is -2.26. The van der Waals surface area contributed by atoms with Gasteiger partial charge in [-0.25, -0.2) is 4.98 Å². The molecular formula is C16H12Cl2N2OS. The molecule has 0 saturated carbocycles. The van der Waals surface area contributed by atoms with E-state index in [0.29, 0.717) is 22.2 Å². The maximum atomic E-state index is 12.5. The lowest BCUT2D eigenvalue weighted by Gasteiger charge is -2.16. The minimum Gasteiger partial charge on any atom is -0.335 e. The van der Waals surface area contributed by atoms with Crippen LogP contribution in [0.5, 0.6) is 0 Å². The summed E-state index contributed by atoms with van der Waals surface area (Å²) in [6.45, 7) is 0.442. The van der Waals surface area contributed by atoms with Crippen LogP contribution in [0.25, 0.3) is 10.2 Å². The Morgan fingerprint density at radius 1 is 1.23 bits per heavy atom. The van der Waals surface area contributed by atoms with Crippen LogP contribution in [0.1, 0.15) is 15.4 Å². The number of hydrogen-bond acceptors (Lipinski definition) is 3. The summed E-state index contributed by atoms with van der Waals surface area (Å²) in [5, 5.41) is 1.76. The Kier molecular flexibility index (Phi) is 4.34.